The summed E-state index contributed by atoms with van der Waals surface area (Å²) in [5.41, 5.74) is 0. The molecule has 0 aromatic carbocycles. The molecule has 0 N–H and O–H groups in total. The number of likely N-dealkylation sites (N-methyl/N-ethyl adjacent to an activating group) is 6. The predicted octanol–water partition coefficient (Wildman–Crippen LogP) is 5.11. The van der Waals surface area contributed by atoms with Gasteiger partial charge in [0.15, 0.2) is 0 Å². The van der Waals surface area contributed by atoms with Gasteiger partial charge in [-0.1, -0.05) is 0 Å². The first-order valence-electron chi connectivity index (χ1n) is 29.4. The standard InChI is InChI=1S/C10H20N2O.2C10H20N2.3C9H18N2/c1-8(2)12-4-9-6-13-7-10(5-12)11(9)3;1-8(2)12-6-9-4-5-10(7-12)11(9)3;1-8(2)12-9-4-5-10(12)7-11(3)6-9;1-7(2)11-6-8-4-9(11)5-10(8)3;1-7(2)11-5-8-4-9(6-11)10(8)3;1-7(2)11-8-4-9(11)6-10(3)5-8/h8-10H,4-7H2,1-3H3;2*8-10H,4-7H2,1-3H3;3*7-9H,4-6H2,1-3H3. The van der Waals surface area contributed by atoms with Crippen LogP contribution in [0.5, 0.6) is 0 Å². The number of piperidine rings is 2. The molecular weight excluding hydrogens is 869 g/mol. The molecule has 14 aliphatic heterocycles. The molecule has 0 amide bonds. The summed E-state index contributed by atoms with van der Waals surface area (Å²) in [6.45, 7) is 44.8. The fourth-order valence-corrected chi connectivity index (χ4v) is 15.3. The molecule has 14 aliphatic rings. The summed E-state index contributed by atoms with van der Waals surface area (Å²) in [7, 11) is 13.5. The first-order valence-corrected chi connectivity index (χ1v) is 29.4. The van der Waals surface area contributed by atoms with Crippen molar-refractivity contribution >= 4 is 0 Å². The number of nitrogens with zero attached hydrogens (tertiary/aromatic N) is 12. The molecule has 0 aromatic heterocycles. The molecule has 0 spiro atoms. The molecule has 14 rings (SSSR count). The molecule has 12 unspecified atom stereocenters. The molecule has 0 aromatic rings. The van der Waals surface area contributed by atoms with Gasteiger partial charge < -0.3 is 19.4 Å². The topological polar surface area (TPSA) is 48.1 Å². The molecule has 14 fully saturated rings. The first kappa shape index (κ1) is 57.2. The Morgan fingerprint density at radius 2 is 0.643 bits per heavy atom. The fourth-order valence-electron chi connectivity index (χ4n) is 15.3. The smallest absolute Gasteiger partial charge is 0.0635 e. The van der Waals surface area contributed by atoms with Gasteiger partial charge in [-0.15, -0.1) is 0 Å². The van der Waals surface area contributed by atoms with Gasteiger partial charge in [0.05, 0.1) is 13.2 Å². The van der Waals surface area contributed by atoms with Crippen molar-refractivity contribution in [1.29, 1.82) is 0 Å². The van der Waals surface area contributed by atoms with E-state index < -0.39 is 0 Å². The van der Waals surface area contributed by atoms with Gasteiger partial charge in [0.2, 0.25) is 0 Å². The first-order chi connectivity index (χ1) is 33.1. The Balaban J connectivity index is 0.000000124. The monoisotopic (exact) mass is 983 g/mol. The maximum absolute atomic E-state index is 5.57. The molecule has 13 heteroatoms. The zero-order valence-corrected chi connectivity index (χ0v) is 49.0. The van der Waals surface area contributed by atoms with E-state index >= 15 is 0 Å². The van der Waals surface area contributed by atoms with Gasteiger partial charge in [0.1, 0.15) is 0 Å². The van der Waals surface area contributed by atoms with Crippen LogP contribution in [0.25, 0.3) is 0 Å². The SMILES string of the molecule is CC(C)N1C2CC1CN(C)C2.CC(C)N1C2CCC1CN(C)C2.CC(C)N1CC2CC(C1)N2C.CC(C)N1CC2CC1CN2C.CC(C)N1CC2CCC(C1)N2C.CC(C)N1CC2COCC(C1)N2C. The third-order valence-electron chi connectivity index (χ3n) is 19.9. The van der Waals surface area contributed by atoms with E-state index in [-0.39, 0.29) is 0 Å². The van der Waals surface area contributed by atoms with Crippen LogP contribution in [0, 0.1) is 0 Å². The number of rotatable bonds is 6. The number of likely N-dealkylation sites (tertiary alicyclic amines) is 4. The Labute approximate surface area is 432 Å². The molecule has 0 aliphatic carbocycles. The third kappa shape index (κ3) is 13.7. The summed E-state index contributed by atoms with van der Waals surface area (Å²) in [6.07, 6.45) is 9.99. The summed E-state index contributed by atoms with van der Waals surface area (Å²) in [4.78, 5) is 30.9. The largest absolute Gasteiger partial charge is 0.378 e. The van der Waals surface area contributed by atoms with Crippen LogP contribution in [0.1, 0.15) is 128 Å². The van der Waals surface area contributed by atoms with Crippen molar-refractivity contribution in [3.8, 4) is 0 Å². The van der Waals surface area contributed by atoms with Crippen molar-refractivity contribution < 1.29 is 4.74 Å². The fraction of sp³-hybridized carbons (Fsp3) is 1.00. The van der Waals surface area contributed by atoms with Crippen molar-refractivity contribution in [2.24, 2.45) is 0 Å². The van der Waals surface area contributed by atoms with Gasteiger partial charge in [0, 0.05) is 187 Å². The molecule has 13 nitrogen and oxygen atoms in total. The lowest BCUT2D eigenvalue weighted by molar-refractivity contribution is -0.0910. The lowest BCUT2D eigenvalue weighted by Gasteiger charge is -2.57. The van der Waals surface area contributed by atoms with Crippen molar-refractivity contribution in [3.63, 3.8) is 0 Å². The molecule has 0 saturated carbocycles. The maximum Gasteiger partial charge on any atom is 0.0635 e. The van der Waals surface area contributed by atoms with E-state index in [0.29, 0.717) is 18.1 Å². The van der Waals surface area contributed by atoms with Crippen molar-refractivity contribution in [1.82, 2.24) is 58.8 Å². The van der Waals surface area contributed by atoms with E-state index in [1.807, 2.05) is 0 Å². The maximum atomic E-state index is 5.57. The van der Waals surface area contributed by atoms with Gasteiger partial charge in [-0.2, -0.15) is 0 Å². The Morgan fingerprint density at radius 3 is 1.01 bits per heavy atom. The highest BCUT2D eigenvalue weighted by molar-refractivity contribution is 5.03. The van der Waals surface area contributed by atoms with Gasteiger partial charge in [-0.25, -0.2) is 0 Å². The molecule has 408 valence electrons. The number of hydrogen-bond donors (Lipinski definition) is 0. The van der Waals surface area contributed by atoms with Crippen LogP contribution in [0.2, 0.25) is 0 Å². The minimum absolute atomic E-state index is 0.620. The van der Waals surface area contributed by atoms with Crippen molar-refractivity contribution in [3.05, 3.63) is 0 Å². The van der Waals surface area contributed by atoms with Crippen LogP contribution >= 0.6 is 0 Å². The molecule has 0 radical (unpaired) electrons. The normalized spacial score (nSPS) is 38.4. The lowest BCUT2D eigenvalue weighted by Crippen LogP contribution is -2.69. The summed E-state index contributed by atoms with van der Waals surface area (Å²) in [6, 6.07) is 14.3. The van der Waals surface area contributed by atoms with E-state index in [0.717, 1.165) is 104 Å². The van der Waals surface area contributed by atoms with Crippen molar-refractivity contribution in [2.45, 2.75) is 237 Å². The zero-order chi connectivity index (χ0) is 50.9. The highest BCUT2D eigenvalue weighted by atomic mass is 16.5. The van der Waals surface area contributed by atoms with Gasteiger partial charge in [0.25, 0.3) is 0 Å². The van der Waals surface area contributed by atoms with Gasteiger partial charge in [-0.3, -0.25) is 44.1 Å². The Kier molecular flexibility index (Phi) is 20.5. The van der Waals surface area contributed by atoms with Crippen LogP contribution in [-0.4, -0.2) is 302 Å². The predicted molar refractivity (Wildman–Crippen MR) is 295 cm³/mol. The number of fused-ring (bicyclic) bond motifs is 12. The van der Waals surface area contributed by atoms with Gasteiger partial charge >= 0.3 is 0 Å². The highest BCUT2D eigenvalue weighted by Gasteiger charge is 2.46. The minimum Gasteiger partial charge on any atom is -0.378 e. The lowest BCUT2D eigenvalue weighted by atomic mass is 9.86. The van der Waals surface area contributed by atoms with Gasteiger partial charge in [-0.05, 0) is 170 Å². The molecule has 70 heavy (non-hydrogen) atoms. The van der Waals surface area contributed by atoms with Crippen LogP contribution in [0.3, 0.4) is 0 Å². The highest BCUT2D eigenvalue weighted by Crippen LogP contribution is 2.35. The van der Waals surface area contributed by atoms with E-state index in [1.165, 1.54) is 123 Å². The summed E-state index contributed by atoms with van der Waals surface area (Å²) in [5, 5.41) is 0. The van der Waals surface area contributed by atoms with Crippen LogP contribution in [-0.2, 0) is 4.74 Å². The average Bonchev–Trinajstić information content (AvgIpc) is 4.00. The van der Waals surface area contributed by atoms with Crippen LogP contribution < -0.4 is 0 Å². The Morgan fingerprint density at radius 1 is 0.300 bits per heavy atom. The number of morpholine rings is 1. The minimum atomic E-state index is 0.620. The molecule has 14 saturated heterocycles. The van der Waals surface area contributed by atoms with E-state index in [9.17, 15) is 0 Å². The third-order valence-corrected chi connectivity index (χ3v) is 19.9. The average molecular weight is 984 g/mol. The van der Waals surface area contributed by atoms with Crippen molar-refractivity contribution in [2.75, 3.05) is 134 Å². The van der Waals surface area contributed by atoms with E-state index in [1.54, 1.807) is 0 Å². The van der Waals surface area contributed by atoms with E-state index in [2.05, 4.69) is 184 Å². The van der Waals surface area contributed by atoms with E-state index in [4.69, 9.17) is 4.74 Å². The summed E-state index contributed by atoms with van der Waals surface area (Å²) in [5.74, 6) is 0. The number of ether oxygens (including phenoxy) is 1. The van der Waals surface area contributed by atoms with Crippen LogP contribution in [0.15, 0.2) is 0 Å². The molecule has 12 bridgehead atoms. The Bertz CT molecular complexity index is 1490. The quantitative estimate of drug-likeness (QED) is 0.356. The number of hydrogen-bond acceptors (Lipinski definition) is 13. The molecule has 14 heterocycles. The summed E-state index contributed by atoms with van der Waals surface area (Å²) >= 11 is 0. The second kappa shape index (κ2) is 25.1. The molecule has 12 atom stereocenters. The number of piperazine rings is 6. The second-order valence-corrected chi connectivity index (χ2v) is 26.6. The van der Waals surface area contributed by atoms with Crippen LogP contribution in [0.4, 0.5) is 0 Å². The molecular formula is C57H114N12O. The zero-order valence-electron chi connectivity index (χ0n) is 49.0. The second-order valence-electron chi connectivity index (χ2n) is 26.6. The summed E-state index contributed by atoms with van der Waals surface area (Å²) < 4.78 is 5.57. The Hall–Kier alpha value is -0.520.